The fourth-order valence-corrected chi connectivity index (χ4v) is 2.88. The summed E-state index contributed by atoms with van der Waals surface area (Å²) < 4.78 is 20.3. The van der Waals surface area contributed by atoms with Crippen molar-refractivity contribution in [2.75, 3.05) is 27.7 Å². The molecule has 0 aliphatic rings. The van der Waals surface area contributed by atoms with E-state index in [4.69, 9.17) is 10.1 Å². The summed E-state index contributed by atoms with van der Waals surface area (Å²) in [5.74, 6) is 0.569. The molecule has 1 aromatic carbocycles. The van der Waals surface area contributed by atoms with Crippen molar-refractivity contribution in [3.63, 3.8) is 0 Å². The molecule has 0 aliphatic heterocycles. The number of rotatable bonds is 10. The van der Waals surface area contributed by atoms with E-state index in [9.17, 15) is 4.39 Å². The molecule has 1 rings (SSSR count). The number of halogens is 1. The average Bonchev–Trinajstić information content (AvgIpc) is 2.56. The first kappa shape index (κ1) is 20.2. The normalized spacial score (nSPS) is 12.8. The van der Waals surface area contributed by atoms with Crippen LogP contribution in [0.5, 0.6) is 5.75 Å². The third-order valence-corrected chi connectivity index (χ3v) is 4.06. The lowest BCUT2D eigenvalue weighted by atomic mass is 9.89. The van der Waals surface area contributed by atoms with Gasteiger partial charge in [-0.2, -0.15) is 0 Å². The van der Waals surface area contributed by atoms with E-state index in [0.717, 1.165) is 25.8 Å². The van der Waals surface area contributed by atoms with Gasteiger partial charge in [-0.1, -0.05) is 13.3 Å². The summed E-state index contributed by atoms with van der Waals surface area (Å²) in [6.45, 7) is 4.65. The highest BCUT2D eigenvalue weighted by Gasteiger charge is 2.19. The van der Waals surface area contributed by atoms with E-state index in [1.165, 1.54) is 6.07 Å². The number of nitrogens with one attached hydrogen (secondary N) is 3. The van der Waals surface area contributed by atoms with E-state index in [2.05, 4.69) is 17.6 Å². The van der Waals surface area contributed by atoms with Crippen LogP contribution in [0.1, 0.15) is 50.2 Å². The Bertz CT molecular complexity index is 584. The molecule has 5 heteroatoms. The summed E-state index contributed by atoms with van der Waals surface area (Å²) >= 11 is 0. The Balaban J connectivity index is 3.34. The molecule has 1 aromatic rings. The molecule has 0 fully saturated rings. The zero-order valence-corrected chi connectivity index (χ0v) is 15.4. The van der Waals surface area contributed by atoms with Gasteiger partial charge in [0, 0.05) is 24.0 Å². The third kappa shape index (κ3) is 5.34. The van der Waals surface area contributed by atoms with E-state index in [0.29, 0.717) is 28.3 Å². The lowest BCUT2D eigenvalue weighted by Gasteiger charge is -2.20. The van der Waals surface area contributed by atoms with Gasteiger partial charge in [-0.25, -0.2) is 4.39 Å². The smallest absolute Gasteiger partial charge is 0.128 e. The molecule has 1 unspecified atom stereocenters. The zero-order valence-electron chi connectivity index (χ0n) is 15.4. The molecule has 0 saturated carbocycles. The standard InChI is InChI=1S/C19H30FN3O/c1-6-7-14(8-9-22-3)15-12-19(24-5)16(11-17(15)20)18(23-4)10-13(2)21/h10-12,14,21-23H,6-9H2,1-5H3/b18-10-,21-13?. The van der Waals surface area contributed by atoms with Crippen molar-refractivity contribution >= 4 is 11.4 Å². The fourth-order valence-electron chi connectivity index (χ4n) is 2.88. The molecule has 0 aromatic heterocycles. The topological polar surface area (TPSA) is 57.1 Å². The second kappa shape index (κ2) is 10.1. The molecule has 0 saturated heterocycles. The molecule has 0 bridgehead atoms. The van der Waals surface area contributed by atoms with E-state index in [1.807, 2.05) is 13.1 Å². The first-order valence-electron chi connectivity index (χ1n) is 8.45. The van der Waals surface area contributed by atoms with Gasteiger partial charge in [-0.15, -0.1) is 0 Å². The van der Waals surface area contributed by atoms with Gasteiger partial charge in [0.05, 0.1) is 7.11 Å². The third-order valence-electron chi connectivity index (χ3n) is 4.06. The molecule has 0 amide bonds. The molecular formula is C19H30FN3O. The van der Waals surface area contributed by atoms with Crippen LogP contribution in [-0.2, 0) is 0 Å². The van der Waals surface area contributed by atoms with Crippen molar-refractivity contribution in [2.45, 2.75) is 39.0 Å². The van der Waals surface area contributed by atoms with Gasteiger partial charge in [-0.3, -0.25) is 0 Å². The Morgan fingerprint density at radius 2 is 2.04 bits per heavy atom. The minimum absolute atomic E-state index is 0.164. The molecule has 134 valence electrons. The second-order valence-electron chi connectivity index (χ2n) is 5.94. The van der Waals surface area contributed by atoms with Gasteiger partial charge >= 0.3 is 0 Å². The number of allylic oxidation sites excluding steroid dienone is 1. The summed E-state index contributed by atoms with van der Waals surface area (Å²) in [7, 11) is 5.26. The summed E-state index contributed by atoms with van der Waals surface area (Å²) in [6.07, 6.45) is 4.50. The lowest BCUT2D eigenvalue weighted by molar-refractivity contribution is 0.409. The van der Waals surface area contributed by atoms with E-state index >= 15 is 0 Å². The molecule has 0 spiro atoms. The van der Waals surface area contributed by atoms with Crippen LogP contribution in [0.3, 0.4) is 0 Å². The van der Waals surface area contributed by atoms with Crippen molar-refractivity contribution in [1.29, 1.82) is 5.41 Å². The Morgan fingerprint density at radius 1 is 1.33 bits per heavy atom. The van der Waals surface area contributed by atoms with E-state index in [-0.39, 0.29) is 11.7 Å². The maximum absolute atomic E-state index is 14.8. The number of ether oxygens (including phenoxy) is 1. The molecule has 0 heterocycles. The number of benzene rings is 1. The van der Waals surface area contributed by atoms with Crippen molar-refractivity contribution in [3.8, 4) is 5.75 Å². The van der Waals surface area contributed by atoms with Gasteiger partial charge in [0.1, 0.15) is 11.6 Å². The molecule has 4 nitrogen and oxygen atoms in total. The predicted molar refractivity (Wildman–Crippen MR) is 99.6 cm³/mol. The van der Waals surface area contributed by atoms with Crippen molar-refractivity contribution in [2.24, 2.45) is 0 Å². The van der Waals surface area contributed by atoms with Crippen molar-refractivity contribution in [3.05, 3.63) is 35.2 Å². The molecule has 1 atom stereocenters. The van der Waals surface area contributed by atoms with Crippen LogP contribution in [0.15, 0.2) is 18.2 Å². The maximum Gasteiger partial charge on any atom is 0.128 e. The SMILES string of the molecule is CCCC(CCNC)c1cc(OC)c(/C(=C/C(C)=N)NC)cc1F. The predicted octanol–water partition coefficient (Wildman–Crippen LogP) is 3.93. The first-order chi connectivity index (χ1) is 11.5. The highest BCUT2D eigenvalue weighted by atomic mass is 19.1. The summed E-state index contributed by atoms with van der Waals surface area (Å²) in [5, 5.41) is 13.8. The van der Waals surface area contributed by atoms with Crippen molar-refractivity contribution in [1.82, 2.24) is 10.6 Å². The number of hydrogen-bond acceptors (Lipinski definition) is 4. The highest BCUT2D eigenvalue weighted by molar-refractivity contribution is 5.97. The van der Waals surface area contributed by atoms with Crippen LogP contribution < -0.4 is 15.4 Å². The van der Waals surface area contributed by atoms with Crippen LogP contribution in [0.4, 0.5) is 4.39 Å². The summed E-state index contributed by atoms with van der Waals surface area (Å²) in [4.78, 5) is 0. The van der Waals surface area contributed by atoms with E-state index in [1.54, 1.807) is 27.2 Å². The molecule has 0 aliphatic carbocycles. The second-order valence-corrected chi connectivity index (χ2v) is 5.94. The quantitative estimate of drug-likeness (QED) is 0.568. The Morgan fingerprint density at radius 3 is 2.54 bits per heavy atom. The van der Waals surface area contributed by atoms with Crippen LogP contribution >= 0.6 is 0 Å². The average molecular weight is 335 g/mol. The van der Waals surface area contributed by atoms with Crippen molar-refractivity contribution < 1.29 is 9.13 Å². The van der Waals surface area contributed by atoms with E-state index < -0.39 is 0 Å². The molecule has 0 radical (unpaired) electrons. The van der Waals surface area contributed by atoms with Gasteiger partial charge in [-0.05, 0) is 63.0 Å². The van der Waals surface area contributed by atoms with Gasteiger partial charge in [0.15, 0.2) is 0 Å². The summed E-state index contributed by atoms with van der Waals surface area (Å²) in [6, 6.07) is 3.33. The molecule has 24 heavy (non-hydrogen) atoms. The monoisotopic (exact) mass is 335 g/mol. The Labute approximate surface area is 145 Å². The zero-order chi connectivity index (χ0) is 18.1. The van der Waals surface area contributed by atoms with Crippen LogP contribution in [0, 0.1) is 11.2 Å². The van der Waals surface area contributed by atoms with Gasteiger partial charge < -0.3 is 20.8 Å². The van der Waals surface area contributed by atoms with Gasteiger partial charge in [0.2, 0.25) is 0 Å². The van der Waals surface area contributed by atoms with Crippen LogP contribution in [0.2, 0.25) is 0 Å². The van der Waals surface area contributed by atoms with Crippen LogP contribution in [-0.4, -0.2) is 33.5 Å². The Hall–Kier alpha value is -1.88. The van der Waals surface area contributed by atoms with Gasteiger partial charge in [0.25, 0.3) is 0 Å². The number of methoxy groups -OCH3 is 1. The minimum atomic E-state index is -0.218. The molecular weight excluding hydrogens is 305 g/mol. The summed E-state index contributed by atoms with van der Waals surface area (Å²) in [5.41, 5.74) is 2.40. The fraction of sp³-hybridized carbons (Fsp3) is 0.526. The lowest BCUT2D eigenvalue weighted by Crippen LogP contribution is -2.14. The Kier molecular flexibility index (Phi) is 8.47. The minimum Gasteiger partial charge on any atom is -0.496 e. The maximum atomic E-state index is 14.8. The largest absolute Gasteiger partial charge is 0.496 e. The van der Waals surface area contributed by atoms with Crippen LogP contribution in [0.25, 0.3) is 5.70 Å². The highest BCUT2D eigenvalue weighted by Crippen LogP contribution is 2.34. The first-order valence-corrected chi connectivity index (χ1v) is 8.45. The molecule has 3 N–H and O–H groups in total. The number of hydrogen-bond donors (Lipinski definition) is 3.